The van der Waals surface area contributed by atoms with Crippen molar-refractivity contribution in [2.45, 2.75) is 45.2 Å². The smallest absolute Gasteiger partial charge is 0.143 e. The Morgan fingerprint density at radius 3 is 2.61 bits per heavy atom. The van der Waals surface area contributed by atoms with Crippen LogP contribution >= 0.6 is 15.9 Å². The summed E-state index contributed by atoms with van der Waals surface area (Å²) in [6.07, 6.45) is 2.85. The van der Waals surface area contributed by atoms with Crippen molar-refractivity contribution in [2.75, 3.05) is 0 Å². The molecule has 0 bridgehead atoms. The largest absolute Gasteiger partial charge is 0.311 e. The monoisotopic (exact) mass is 317 g/mol. The first-order chi connectivity index (χ1) is 8.49. The zero-order valence-corrected chi connectivity index (χ0v) is 12.2. The molecule has 2 atom stereocenters. The van der Waals surface area contributed by atoms with Gasteiger partial charge in [0.15, 0.2) is 0 Å². The normalized spacial score (nSPS) is 18.7. The number of hydrogen-bond donors (Lipinski definition) is 1. The van der Waals surface area contributed by atoms with Crippen LogP contribution in [0, 0.1) is 17.6 Å². The van der Waals surface area contributed by atoms with E-state index >= 15 is 0 Å². The molecule has 2 rings (SSSR count). The van der Waals surface area contributed by atoms with Gasteiger partial charge < -0.3 is 5.32 Å². The van der Waals surface area contributed by atoms with E-state index in [0.717, 1.165) is 0 Å². The summed E-state index contributed by atoms with van der Waals surface area (Å²) in [6, 6.07) is 3.61. The molecule has 18 heavy (non-hydrogen) atoms. The van der Waals surface area contributed by atoms with E-state index in [-0.39, 0.29) is 17.5 Å². The van der Waals surface area contributed by atoms with Crippen molar-refractivity contribution in [1.29, 1.82) is 0 Å². The predicted molar refractivity (Wildman–Crippen MR) is 72.5 cm³/mol. The molecule has 1 aliphatic rings. The molecular formula is C14H18BrF2N. The molecule has 0 spiro atoms. The molecule has 0 aliphatic heterocycles. The van der Waals surface area contributed by atoms with Crippen LogP contribution in [0.2, 0.25) is 0 Å². The van der Waals surface area contributed by atoms with Gasteiger partial charge in [-0.05, 0) is 60.2 Å². The van der Waals surface area contributed by atoms with Crippen molar-refractivity contribution in [1.82, 2.24) is 5.32 Å². The third-order valence-electron chi connectivity index (χ3n) is 3.59. The molecule has 1 aromatic carbocycles. The Kier molecular flexibility index (Phi) is 4.38. The molecule has 0 amide bonds. The van der Waals surface area contributed by atoms with Crippen molar-refractivity contribution in [3.8, 4) is 0 Å². The average Bonchev–Trinajstić information content (AvgIpc) is 3.13. The Hall–Kier alpha value is -0.480. The Bertz CT molecular complexity index is 432. The number of halogens is 3. The van der Waals surface area contributed by atoms with Crippen molar-refractivity contribution in [2.24, 2.45) is 5.92 Å². The van der Waals surface area contributed by atoms with E-state index in [1.54, 1.807) is 0 Å². The Morgan fingerprint density at radius 1 is 1.33 bits per heavy atom. The van der Waals surface area contributed by atoms with Gasteiger partial charge in [-0.15, -0.1) is 0 Å². The fourth-order valence-electron chi connectivity index (χ4n) is 2.04. The van der Waals surface area contributed by atoms with Crippen molar-refractivity contribution in [3.05, 3.63) is 33.8 Å². The van der Waals surface area contributed by atoms with Crippen LogP contribution in [-0.4, -0.2) is 12.1 Å². The number of rotatable bonds is 5. The number of benzene rings is 1. The van der Waals surface area contributed by atoms with Crippen molar-refractivity contribution >= 4 is 15.9 Å². The van der Waals surface area contributed by atoms with Crippen LogP contribution in [0.5, 0.6) is 0 Å². The van der Waals surface area contributed by atoms with Crippen LogP contribution < -0.4 is 5.32 Å². The molecule has 0 aromatic heterocycles. The predicted octanol–water partition coefficient (Wildman–Crippen LogP) is 4.05. The molecule has 4 heteroatoms. The van der Waals surface area contributed by atoms with Gasteiger partial charge in [0.2, 0.25) is 0 Å². The third kappa shape index (κ3) is 3.29. The molecule has 1 N–H and O–H groups in total. The molecule has 1 saturated carbocycles. The highest BCUT2D eigenvalue weighted by molar-refractivity contribution is 9.10. The van der Waals surface area contributed by atoms with Crippen LogP contribution in [-0.2, 0) is 6.42 Å². The summed E-state index contributed by atoms with van der Waals surface area (Å²) in [6.45, 7) is 4.11. The SMILES string of the molecule is CC(Cc1c(F)ccc(Br)c1F)C(C)NC1CC1. The van der Waals surface area contributed by atoms with E-state index in [1.165, 1.54) is 25.0 Å². The maximum absolute atomic E-state index is 13.9. The third-order valence-corrected chi connectivity index (χ3v) is 4.21. The molecule has 0 saturated heterocycles. The minimum atomic E-state index is -0.472. The fourth-order valence-corrected chi connectivity index (χ4v) is 2.41. The fraction of sp³-hybridized carbons (Fsp3) is 0.571. The first kappa shape index (κ1) is 13.9. The van der Waals surface area contributed by atoms with Gasteiger partial charge in [0.25, 0.3) is 0 Å². The average molecular weight is 318 g/mol. The topological polar surface area (TPSA) is 12.0 Å². The van der Waals surface area contributed by atoms with Gasteiger partial charge >= 0.3 is 0 Å². The number of hydrogen-bond acceptors (Lipinski definition) is 1. The highest BCUT2D eigenvalue weighted by Gasteiger charge is 2.26. The van der Waals surface area contributed by atoms with Crippen LogP contribution in [0.3, 0.4) is 0 Å². The minimum absolute atomic E-state index is 0.182. The first-order valence-corrected chi connectivity index (χ1v) is 7.16. The lowest BCUT2D eigenvalue weighted by Crippen LogP contribution is -2.35. The summed E-state index contributed by atoms with van der Waals surface area (Å²) in [5, 5.41) is 3.47. The quantitative estimate of drug-likeness (QED) is 0.808. The van der Waals surface area contributed by atoms with Gasteiger partial charge in [-0.25, -0.2) is 8.78 Å². The first-order valence-electron chi connectivity index (χ1n) is 6.37. The second kappa shape index (κ2) is 5.66. The lowest BCUT2D eigenvalue weighted by atomic mass is 9.94. The summed E-state index contributed by atoms with van der Waals surface area (Å²) in [5.74, 6) is -0.731. The van der Waals surface area contributed by atoms with Gasteiger partial charge in [0.1, 0.15) is 11.6 Å². The second-order valence-electron chi connectivity index (χ2n) is 5.23. The van der Waals surface area contributed by atoms with E-state index in [1.807, 2.05) is 6.92 Å². The van der Waals surface area contributed by atoms with Gasteiger partial charge in [0, 0.05) is 17.6 Å². The minimum Gasteiger partial charge on any atom is -0.311 e. The molecule has 1 fully saturated rings. The Labute approximate surface area is 115 Å². The Balaban J connectivity index is 2.05. The highest BCUT2D eigenvalue weighted by atomic mass is 79.9. The van der Waals surface area contributed by atoms with E-state index < -0.39 is 11.6 Å². The molecule has 1 nitrogen and oxygen atoms in total. The second-order valence-corrected chi connectivity index (χ2v) is 6.09. The molecule has 0 radical (unpaired) electrons. The summed E-state index contributed by atoms with van der Waals surface area (Å²) >= 11 is 3.10. The molecule has 100 valence electrons. The maximum atomic E-state index is 13.9. The zero-order valence-electron chi connectivity index (χ0n) is 10.6. The standard InChI is InChI=1S/C14H18BrF2N/c1-8(9(2)18-10-3-4-10)7-11-13(16)6-5-12(15)14(11)17/h5-6,8-10,18H,3-4,7H2,1-2H3. The van der Waals surface area contributed by atoms with E-state index in [4.69, 9.17) is 0 Å². The van der Waals surface area contributed by atoms with Crippen LogP contribution in [0.4, 0.5) is 8.78 Å². The summed E-state index contributed by atoms with van der Waals surface area (Å²) < 4.78 is 27.8. The lowest BCUT2D eigenvalue weighted by molar-refractivity contribution is 0.385. The number of nitrogens with one attached hydrogen (secondary N) is 1. The van der Waals surface area contributed by atoms with Crippen LogP contribution in [0.15, 0.2) is 16.6 Å². The van der Waals surface area contributed by atoms with E-state index in [0.29, 0.717) is 16.9 Å². The van der Waals surface area contributed by atoms with Gasteiger partial charge in [-0.3, -0.25) is 0 Å². The molecule has 2 unspecified atom stereocenters. The van der Waals surface area contributed by atoms with Crippen LogP contribution in [0.1, 0.15) is 32.3 Å². The van der Waals surface area contributed by atoms with Crippen LogP contribution in [0.25, 0.3) is 0 Å². The molecule has 1 aliphatic carbocycles. The van der Waals surface area contributed by atoms with E-state index in [2.05, 4.69) is 28.2 Å². The summed E-state index contributed by atoms with van der Waals surface area (Å²) in [4.78, 5) is 0. The maximum Gasteiger partial charge on any atom is 0.143 e. The van der Waals surface area contributed by atoms with Gasteiger partial charge in [-0.2, -0.15) is 0 Å². The summed E-state index contributed by atoms with van der Waals surface area (Å²) in [7, 11) is 0. The Morgan fingerprint density at radius 2 is 2.00 bits per heavy atom. The zero-order chi connectivity index (χ0) is 13.3. The molecule has 1 aromatic rings. The molecule has 0 heterocycles. The highest BCUT2D eigenvalue weighted by Crippen LogP contribution is 2.26. The lowest BCUT2D eigenvalue weighted by Gasteiger charge is -2.22. The van der Waals surface area contributed by atoms with E-state index in [9.17, 15) is 8.78 Å². The van der Waals surface area contributed by atoms with Crippen molar-refractivity contribution < 1.29 is 8.78 Å². The van der Waals surface area contributed by atoms with Gasteiger partial charge in [-0.1, -0.05) is 6.92 Å². The van der Waals surface area contributed by atoms with Crippen molar-refractivity contribution in [3.63, 3.8) is 0 Å². The summed E-state index contributed by atoms with van der Waals surface area (Å²) in [5.41, 5.74) is 0.182. The van der Waals surface area contributed by atoms with Gasteiger partial charge in [0.05, 0.1) is 4.47 Å². The molecular weight excluding hydrogens is 300 g/mol.